The number of aromatic nitrogens is 1. The van der Waals surface area contributed by atoms with E-state index in [4.69, 9.17) is 4.74 Å². The SMILES string of the molecule is C=CC(=O)Oc1cnc2cc(C)ccc2c1. The van der Waals surface area contributed by atoms with Crippen LogP contribution < -0.4 is 4.74 Å². The molecule has 80 valence electrons. The van der Waals surface area contributed by atoms with E-state index >= 15 is 0 Å². The number of hydrogen-bond donors (Lipinski definition) is 0. The molecule has 0 aliphatic rings. The van der Waals surface area contributed by atoms with Crippen LogP contribution in [0.4, 0.5) is 0 Å². The van der Waals surface area contributed by atoms with Crippen molar-refractivity contribution < 1.29 is 9.53 Å². The molecule has 1 aromatic heterocycles. The summed E-state index contributed by atoms with van der Waals surface area (Å²) < 4.78 is 4.98. The molecule has 2 aromatic rings. The fourth-order valence-electron chi connectivity index (χ4n) is 1.42. The molecule has 0 amide bonds. The highest BCUT2D eigenvalue weighted by molar-refractivity contribution is 5.85. The van der Waals surface area contributed by atoms with Crippen LogP contribution in [-0.2, 0) is 4.79 Å². The molecule has 3 heteroatoms. The molecule has 0 unspecified atom stereocenters. The van der Waals surface area contributed by atoms with Crippen molar-refractivity contribution in [2.24, 2.45) is 0 Å². The van der Waals surface area contributed by atoms with Crippen molar-refractivity contribution in [3.63, 3.8) is 0 Å². The van der Waals surface area contributed by atoms with Gasteiger partial charge in [-0.25, -0.2) is 4.79 Å². The molecule has 0 spiro atoms. The molecule has 1 heterocycles. The highest BCUT2D eigenvalue weighted by Crippen LogP contribution is 2.19. The molecule has 0 bridgehead atoms. The minimum Gasteiger partial charge on any atom is -0.422 e. The molecule has 0 saturated carbocycles. The van der Waals surface area contributed by atoms with Crippen molar-refractivity contribution in [2.75, 3.05) is 0 Å². The average molecular weight is 213 g/mol. The van der Waals surface area contributed by atoms with Gasteiger partial charge < -0.3 is 4.74 Å². The second-order valence-electron chi connectivity index (χ2n) is 3.49. The summed E-state index contributed by atoms with van der Waals surface area (Å²) in [5.41, 5.74) is 2.04. The number of esters is 1. The van der Waals surface area contributed by atoms with E-state index in [2.05, 4.69) is 11.6 Å². The topological polar surface area (TPSA) is 39.2 Å². The number of benzene rings is 1. The van der Waals surface area contributed by atoms with E-state index in [1.54, 1.807) is 6.07 Å². The van der Waals surface area contributed by atoms with E-state index in [0.717, 1.165) is 22.5 Å². The molecule has 0 radical (unpaired) electrons. The Morgan fingerprint density at radius 3 is 3.00 bits per heavy atom. The number of ether oxygens (including phenoxy) is 1. The maximum atomic E-state index is 11.0. The van der Waals surface area contributed by atoms with Crippen molar-refractivity contribution in [3.8, 4) is 5.75 Å². The lowest BCUT2D eigenvalue weighted by Gasteiger charge is -2.03. The Bertz CT molecular complexity index is 561. The van der Waals surface area contributed by atoms with E-state index in [-0.39, 0.29) is 0 Å². The Morgan fingerprint density at radius 2 is 2.25 bits per heavy atom. The summed E-state index contributed by atoms with van der Waals surface area (Å²) in [6.07, 6.45) is 2.66. The quantitative estimate of drug-likeness (QED) is 0.568. The highest BCUT2D eigenvalue weighted by Gasteiger charge is 2.02. The van der Waals surface area contributed by atoms with Gasteiger partial charge in [-0.2, -0.15) is 0 Å². The second kappa shape index (κ2) is 4.14. The van der Waals surface area contributed by atoms with Crippen molar-refractivity contribution in [1.29, 1.82) is 0 Å². The summed E-state index contributed by atoms with van der Waals surface area (Å²) in [6, 6.07) is 7.70. The van der Waals surface area contributed by atoms with Gasteiger partial charge in [-0.05, 0) is 24.6 Å². The van der Waals surface area contributed by atoms with Gasteiger partial charge >= 0.3 is 5.97 Å². The number of fused-ring (bicyclic) bond motifs is 1. The maximum absolute atomic E-state index is 11.0. The minimum atomic E-state index is -0.478. The summed E-state index contributed by atoms with van der Waals surface area (Å²) in [6.45, 7) is 5.34. The van der Waals surface area contributed by atoms with Crippen molar-refractivity contribution in [2.45, 2.75) is 6.92 Å². The first-order valence-electron chi connectivity index (χ1n) is 4.90. The molecule has 16 heavy (non-hydrogen) atoms. The van der Waals surface area contributed by atoms with Crippen molar-refractivity contribution in [1.82, 2.24) is 4.98 Å². The molecule has 0 atom stereocenters. The first kappa shape index (κ1) is 10.4. The zero-order chi connectivity index (χ0) is 11.5. The third-order valence-corrected chi connectivity index (χ3v) is 2.20. The van der Waals surface area contributed by atoms with Crippen LogP contribution in [0.5, 0.6) is 5.75 Å². The van der Waals surface area contributed by atoms with Gasteiger partial charge in [0.05, 0.1) is 11.7 Å². The summed E-state index contributed by atoms with van der Waals surface area (Å²) in [4.78, 5) is 15.2. The van der Waals surface area contributed by atoms with E-state index in [0.29, 0.717) is 5.75 Å². The summed E-state index contributed by atoms with van der Waals surface area (Å²) in [7, 11) is 0. The van der Waals surface area contributed by atoms with Crippen LogP contribution in [0.2, 0.25) is 0 Å². The number of pyridine rings is 1. The minimum absolute atomic E-state index is 0.432. The molecule has 0 aliphatic carbocycles. The number of nitrogens with zero attached hydrogens (tertiary/aromatic N) is 1. The number of carbonyl (C=O) groups is 1. The van der Waals surface area contributed by atoms with Crippen LogP contribution in [0.1, 0.15) is 5.56 Å². The van der Waals surface area contributed by atoms with Crippen molar-refractivity contribution in [3.05, 3.63) is 48.7 Å². The third kappa shape index (κ3) is 2.08. The molecular weight excluding hydrogens is 202 g/mol. The van der Waals surface area contributed by atoms with E-state index in [1.807, 2.05) is 25.1 Å². The summed E-state index contributed by atoms with van der Waals surface area (Å²) >= 11 is 0. The number of rotatable bonds is 2. The first-order chi connectivity index (χ1) is 7.69. The molecule has 0 saturated heterocycles. The van der Waals surface area contributed by atoms with Gasteiger partial charge in [-0.1, -0.05) is 18.7 Å². The van der Waals surface area contributed by atoms with Gasteiger partial charge in [0.1, 0.15) is 5.75 Å². The van der Waals surface area contributed by atoms with Gasteiger partial charge in [0.25, 0.3) is 0 Å². The predicted octanol–water partition coefficient (Wildman–Crippen LogP) is 2.63. The van der Waals surface area contributed by atoms with Gasteiger partial charge in [-0.3, -0.25) is 4.98 Å². The Kier molecular flexibility index (Phi) is 2.68. The standard InChI is InChI=1S/C13H11NO2/c1-3-13(15)16-11-7-10-5-4-9(2)6-12(10)14-8-11/h3-8H,1H2,2H3. The van der Waals surface area contributed by atoms with Crippen LogP contribution in [0.25, 0.3) is 10.9 Å². The molecular formula is C13H11NO2. The average Bonchev–Trinajstić information content (AvgIpc) is 2.29. The Labute approximate surface area is 93.4 Å². The lowest BCUT2D eigenvalue weighted by molar-refractivity contribution is -0.128. The van der Waals surface area contributed by atoms with Crippen LogP contribution in [-0.4, -0.2) is 11.0 Å². The van der Waals surface area contributed by atoms with E-state index in [1.165, 1.54) is 6.20 Å². The molecule has 3 nitrogen and oxygen atoms in total. The third-order valence-electron chi connectivity index (χ3n) is 2.20. The second-order valence-corrected chi connectivity index (χ2v) is 3.49. The van der Waals surface area contributed by atoms with Gasteiger partial charge in [-0.15, -0.1) is 0 Å². The fraction of sp³-hybridized carbons (Fsp3) is 0.0769. The number of carbonyl (C=O) groups excluding carboxylic acids is 1. The number of aryl methyl sites for hydroxylation is 1. The smallest absolute Gasteiger partial charge is 0.335 e. The zero-order valence-electron chi connectivity index (χ0n) is 8.93. The normalized spacial score (nSPS) is 10.1. The first-order valence-corrected chi connectivity index (χ1v) is 4.90. The van der Waals surface area contributed by atoms with Crippen LogP contribution >= 0.6 is 0 Å². The Balaban J connectivity index is 2.40. The molecule has 2 rings (SSSR count). The lowest BCUT2D eigenvalue weighted by atomic mass is 10.1. The van der Waals surface area contributed by atoms with Crippen molar-refractivity contribution >= 4 is 16.9 Å². The zero-order valence-corrected chi connectivity index (χ0v) is 8.93. The van der Waals surface area contributed by atoms with Gasteiger partial charge in [0.2, 0.25) is 0 Å². The molecule has 0 N–H and O–H groups in total. The van der Waals surface area contributed by atoms with Crippen LogP contribution in [0.3, 0.4) is 0 Å². The molecule has 0 aliphatic heterocycles. The summed E-state index contributed by atoms with van der Waals surface area (Å²) in [5.74, 6) is -0.0467. The van der Waals surface area contributed by atoms with E-state index < -0.39 is 5.97 Å². The maximum Gasteiger partial charge on any atom is 0.335 e. The summed E-state index contributed by atoms with van der Waals surface area (Å²) in [5, 5.41) is 0.944. The van der Waals surface area contributed by atoms with Crippen LogP contribution in [0.15, 0.2) is 43.1 Å². The Hall–Kier alpha value is -2.16. The molecule has 0 fully saturated rings. The largest absolute Gasteiger partial charge is 0.422 e. The van der Waals surface area contributed by atoms with Gasteiger partial charge in [0.15, 0.2) is 0 Å². The fourth-order valence-corrected chi connectivity index (χ4v) is 1.42. The predicted molar refractivity (Wildman–Crippen MR) is 62.3 cm³/mol. The van der Waals surface area contributed by atoms with Crippen LogP contribution in [0, 0.1) is 6.92 Å². The number of hydrogen-bond acceptors (Lipinski definition) is 3. The highest BCUT2D eigenvalue weighted by atomic mass is 16.5. The Morgan fingerprint density at radius 1 is 1.44 bits per heavy atom. The monoisotopic (exact) mass is 213 g/mol. The molecule has 1 aromatic carbocycles. The van der Waals surface area contributed by atoms with E-state index in [9.17, 15) is 4.79 Å². The lowest BCUT2D eigenvalue weighted by Crippen LogP contribution is -2.03. The van der Waals surface area contributed by atoms with Gasteiger partial charge in [0, 0.05) is 11.5 Å².